The molecule has 0 amide bonds. The number of benzene rings is 3. The van der Waals surface area contributed by atoms with Gasteiger partial charge in [0.1, 0.15) is 11.3 Å². The van der Waals surface area contributed by atoms with Crippen molar-refractivity contribution in [3.8, 4) is 33.8 Å². The monoisotopic (exact) mass is 683 g/mol. The number of hydrogen-bond donors (Lipinski definition) is 0. The minimum atomic E-state index is 0. The van der Waals surface area contributed by atoms with Gasteiger partial charge in [-0.15, -0.1) is 35.9 Å². The van der Waals surface area contributed by atoms with Crippen LogP contribution in [0, 0.1) is 6.07 Å². The standard InChI is InChI=1S/C33H20N4O.Pt/c1-2-10-22(11-3-1)27-16-8-17-29(36-27)26-14-9-20-35-33(26)37-28-15-6-4-13-25(28)31-32-24(19-21-34-31)23-12-5-7-18-30(23)38-32;/h1-10,12-21H;/q-2;+2. The predicted octanol–water partition coefficient (Wildman–Crippen LogP) is 8.91. The molecule has 39 heavy (non-hydrogen) atoms. The summed E-state index contributed by atoms with van der Waals surface area (Å²) in [7, 11) is 0. The molecule has 3 aromatic carbocycles. The normalized spacial score (nSPS) is 10.9. The maximum atomic E-state index is 6.26. The molecule has 4 heterocycles. The van der Waals surface area contributed by atoms with Crippen LogP contribution in [0.25, 0.3) is 61.0 Å². The zero-order chi connectivity index (χ0) is 25.3. The number of rotatable bonds is 5. The molecule has 7 aromatic rings. The first-order valence-electron chi connectivity index (χ1n) is 12.3. The molecule has 7 rings (SSSR count). The van der Waals surface area contributed by atoms with Crippen LogP contribution in [0.3, 0.4) is 0 Å². The second-order valence-electron chi connectivity index (χ2n) is 8.82. The van der Waals surface area contributed by atoms with E-state index in [1.807, 2.05) is 109 Å². The molecule has 0 saturated heterocycles. The Hall–Kier alpha value is -4.60. The first kappa shape index (κ1) is 24.7. The molecule has 0 aliphatic heterocycles. The van der Waals surface area contributed by atoms with Crippen LogP contribution in [0.4, 0.5) is 11.5 Å². The number of nitrogens with zero attached hydrogens (tertiary/aromatic N) is 4. The van der Waals surface area contributed by atoms with Crippen LogP contribution in [-0.4, -0.2) is 15.0 Å². The average Bonchev–Trinajstić information content (AvgIpc) is 3.37. The quantitative estimate of drug-likeness (QED) is 0.170. The van der Waals surface area contributed by atoms with E-state index in [0.717, 1.165) is 61.4 Å². The first-order chi connectivity index (χ1) is 18.8. The molecule has 5 nitrogen and oxygen atoms in total. The van der Waals surface area contributed by atoms with E-state index in [1.165, 1.54) is 0 Å². The summed E-state index contributed by atoms with van der Waals surface area (Å²) >= 11 is 0. The third kappa shape index (κ3) is 4.62. The summed E-state index contributed by atoms with van der Waals surface area (Å²) in [6.45, 7) is 0. The zero-order valence-corrected chi connectivity index (χ0v) is 22.8. The summed E-state index contributed by atoms with van der Waals surface area (Å²) in [5.74, 6) is 0.582. The minimum Gasteiger partial charge on any atom is -0.454 e. The Morgan fingerprint density at radius 3 is 2.38 bits per heavy atom. The molecule has 0 unspecified atom stereocenters. The van der Waals surface area contributed by atoms with Crippen LogP contribution in [0.5, 0.6) is 0 Å². The van der Waals surface area contributed by atoms with Crippen LogP contribution in [0.2, 0.25) is 0 Å². The van der Waals surface area contributed by atoms with Gasteiger partial charge >= 0.3 is 21.1 Å². The SMILES string of the molecule is [Pt+2].[c-]1ccccc1-c1cccc(-c2cccnc2[N-]c2ccccc2-c2nccc3c2oc2ccccc23)n1. The van der Waals surface area contributed by atoms with Gasteiger partial charge in [-0.1, -0.05) is 72.9 Å². The van der Waals surface area contributed by atoms with Gasteiger partial charge in [-0.3, -0.25) is 9.97 Å². The van der Waals surface area contributed by atoms with E-state index in [0.29, 0.717) is 5.82 Å². The number of para-hydroxylation sites is 2. The van der Waals surface area contributed by atoms with Crippen molar-refractivity contribution in [2.45, 2.75) is 0 Å². The predicted molar refractivity (Wildman–Crippen MR) is 151 cm³/mol. The van der Waals surface area contributed by atoms with E-state index in [9.17, 15) is 0 Å². The molecular formula is C33H20N4OPt. The first-order valence-corrected chi connectivity index (χ1v) is 12.3. The van der Waals surface area contributed by atoms with Gasteiger partial charge in [0, 0.05) is 22.5 Å². The number of furan rings is 1. The molecule has 4 aromatic heterocycles. The van der Waals surface area contributed by atoms with Gasteiger partial charge in [-0.05, 0) is 41.0 Å². The number of hydrogen-bond acceptors (Lipinski definition) is 4. The van der Waals surface area contributed by atoms with Gasteiger partial charge in [0.2, 0.25) is 0 Å². The van der Waals surface area contributed by atoms with E-state index in [4.69, 9.17) is 19.7 Å². The topological polar surface area (TPSA) is 65.9 Å². The summed E-state index contributed by atoms with van der Waals surface area (Å²) in [4.78, 5) is 14.2. The third-order valence-electron chi connectivity index (χ3n) is 6.48. The Balaban J connectivity index is 0.00000277. The molecule has 0 aliphatic rings. The molecule has 0 radical (unpaired) electrons. The van der Waals surface area contributed by atoms with Gasteiger partial charge in [-0.25, -0.2) is 0 Å². The van der Waals surface area contributed by atoms with Crippen LogP contribution in [0.1, 0.15) is 0 Å². The molecule has 0 saturated carbocycles. The van der Waals surface area contributed by atoms with Crippen molar-refractivity contribution in [3.63, 3.8) is 0 Å². The van der Waals surface area contributed by atoms with E-state index in [-0.39, 0.29) is 21.1 Å². The molecule has 0 spiro atoms. The Morgan fingerprint density at radius 1 is 0.641 bits per heavy atom. The summed E-state index contributed by atoms with van der Waals surface area (Å²) < 4.78 is 6.26. The van der Waals surface area contributed by atoms with Gasteiger partial charge in [0.05, 0.1) is 5.69 Å². The van der Waals surface area contributed by atoms with Gasteiger partial charge in [-0.2, -0.15) is 0 Å². The summed E-state index contributed by atoms with van der Waals surface area (Å²) in [6.07, 6.45) is 3.57. The van der Waals surface area contributed by atoms with Gasteiger partial charge in [0.15, 0.2) is 5.58 Å². The van der Waals surface area contributed by atoms with Crippen LogP contribution in [-0.2, 0) is 21.1 Å². The smallest absolute Gasteiger partial charge is 0.454 e. The summed E-state index contributed by atoms with van der Waals surface area (Å²) in [5.41, 5.74) is 7.36. The van der Waals surface area contributed by atoms with Gasteiger partial charge < -0.3 is 14.7 Å². The summed E-state index contributed by atoms with van der Waals surface area (Å²) in [5, 5.41) is 7.11. The van der Waals surface area contributed by atoms with Crippen molar-refractivity contribution in [1.82, 2.24) is 15.0 Å². The van der Waals surface area contributed by atoms with Crippen molar-refractivity contribution >= 4 is 33.4 Å². The second kappa shape index (κ2) is 10.6. The zero-order valence-electron chi connectivity index (χ0n) is 20.6. The largest absolute Gasteiger partial charge is 2.00 e. The molecule has 188 valence electrons. The molecule has 0 N–H and O–H groups in total. The van der Waals surface area contributed by atoms with E-state index < -0.39 is 0 Å². The van der Waals surface area contributed by atoms with E-state index in [1.54, 1.807) is 6.20 Å². The van der Waals surface area contributed by atoms with E-state index in [2.05, 4.69) is 17.1 Å². The van der Waals surface area contributed by atoms with Crippen molar-refractivity contribution in [3.05, 3.63) is 133 Å². The fraction of sp³-hybridized carbons (Fsp3) is 0. The number of fused-ring (bicyclic) bond motifs is 3. The van der Waals surface area contributed by atoms with Crippen molar-refractivity contribution in [2.75, 3.05) is 0 Å². The Morgan fingerprint density at radius 2 is 1.46 bits per heavy atom. The van der Waals surface area contributed by atoms with Crippen molar-refractivity contribution < 1.29 is 25.5 Å². The van der Waals surface area contributed by atoms with E-state index >= 15 is 0 Å². The molecule has 0 bridgehead atoms. The summed E-state index contributed by atoms with van der Waals surface area (Å²) in [6, 6.07) is 38.9. The number of aromatic nitrogens is 3. The maximum absolute atomic E-state index is 6.26. The Labute approximate surface area is 239 Å². The van der Waals surface area contributed by atoms with Crippen LogP contribution in [0.15, 0.2) is 126 Å². The number of pyridine rings is 3. The fourth-order valence-corrected chi connectivity index (χ4v) is 4.70. The molecule has 0 atom stereocenters. The van der Waals surface area contributed by atoms with Crippen molar-refractivity contribution in [2.24, 2.45) is 0 Å². The fourth-order valence-electron chi connectivity index (χ4n) is 4.70. The molecule has 0 fully saturated rings. The Bertz CT molecular complexity index is 1920. The second-order valence-corrected chi connectivity index (χ2v) is 8.82. The molecular weight excluding hydrogens is 663 g/mol. The average molecular weight is 684 g/mol. The maximum Gasteiger partial charge on any atom is 2.00 e. The van der Waals surface area contributed by atoms with Gasteiger partial charge in [0.25, 0.3) is 0 Å². The Kier molecular flexibility index (Phi) is 6.74. The van der Waals surface area contributed by atoms with Crippen molar-refractivity contribution in [1.29, 1.82) is 0 Å². The third-order valence-corrected chi connectivity index (χ3v) is 6.48. The molecule has 0 aliphatic carbocycles. The van der Waals surface area contributed by atoms with Crippen LogP contribution >= 0.6 is 0 Å². The molecule has 6 heteroatoms. The van der Waals surface area contributed by atoms with Crippen LogP contribution < -0.4 is 0 Å². The minimum absolute atomic E-state index is 0.